The molecular formula is C29H29N3O3S. The van der Waals surface area contributed by atoms with Crippen molar-refractivity contribution < 1.29 is 9.59 Å². The van der Waals surface area contributed by atoms with E-state index in [1.54, 1.807) is 24.4 Å². The maximum atomic E-state index is 13.4. The Balaban J connectivity index is 1.83. The van der Waals surface area contributed by atoms with Gasteiger partial charge in [0.05, 0.1) is 10.0 Å². The van der Waals surface area contributed by atoms with Crippen molar-refractivity contribution in [2.75, 3.05) is 6.54 Å². The molecule has 0 fully saturated rings. The smallest absolute Gasteiger partial charge is 0.269 e. The van der Waals surface area contributed by atoms with Crippen LogP contribution in [-0.2, 0) is 16.8 Å². The molecule has 0 spiro atoms. The van der Waals surface area contributed by atoms with Crippen molar-refractivity contribution in [3.63, 3.8) is 0 Å². The van der Waals surface area contributed by atoms with Gasteiger partial charge in [0, 0.05) is 35.3 Å². The topological polar surface area (TPSA) is 81.1 Å². The first-order chi connectivity index (χ1) is 17.2. The number of fused-ring (bicyclic) bond motifs is 1. The fourth-order valence-electron chi connectivity index (χ4n) is 3.90. The van der Waals surface area contributed by atoms with Gasteiger partial charge in [-0.05, 0) is 30.0 Å². The van der Waals surface area contributed by atoms with Crippen molar-refractivity contribution >= 4 is 46.1 Å². The standard InChI is InChI=1S/C29H29N3O3S/c1-5-30-25(34)18-32-26(17-23(33)19-11-13-22(14-12-19)29(2,3)4)36-24(28(32)35)16-21-9-6-8-20-10-7-15-31-27(20)21/h6-17H,5,18H2,1-4H3,(H,30,34). The third kappa shape index (κ3) is 5.52. The van der Waals surface area contributed by atoms with Crippen molar-refractivity contribution in [1.82, 2.24) is 14.9 Å². The van der Waals surface area contributed by atoms with Gasteiger partial charge in [-0.15, -0.1) is 11.3 Å². The van der Waals surface area contributed by atoms with Crippen molar-refractivity contribution in [2.45, 2.75) is 39.7 Å². The summed E-state index contributed by atoms with van der Waals surface area (Å²) < 4.78 is 2.22. The van der Waals surface area contributed by atoms with Gasteiger partial charge in [0.2, 0.25) is 5.91 Å². The van der Waals surface area contributed by atoms with Crippen LogP contribution in [0.25, 0.3) is 23.1 Å². The summed E-state index contributed by atoms with van der Waals surface area (Å²) in [6.45, 7) is 8.46. The number of hydrogen-bond donors (Lipinski definition) is 1. The molecular weight excluding hydrogens is 470 g/mol. The fraction of sp³-hybridized carbons (Fsp3) is 0.241. The number of hydrogen-bond acceptors (Lipinski definition) is 5. The lowest BCUT2D eigenvalue weighted by Crippen LogP contribution is -2.38. The highest BCUT2D eigenvalue weighted by Crippen LogP contribution is 2.22. The molecule has 0 radical (unpaired) electrons. The Labute approximate surface area is 213 Å². The van der Waals surface area contributed by atoms with Gasteiger partial charge in [-0.2, -0.15) is 0 Å². The molecule has 2 heterocycles. The quantitative estimate of drug-likeness (QED) is 0.413. The van der Waals surface area contributed by atoms with Crippen LogP contribution in [0.1, 0.15) is 49.2 Å². The lowest BCUT2D eigenvalue weighted by molar-refractivity contribution is -0.121. The molecule has 1 amide bonds. The number of amides is 1. The van der Waals surface area contributed by atoms with Gasteiger partial charge in [0.1, 0.15) is 11.2 Å². The normalized spacial score (nSPS) is 12.8. The van der Waals surface area contributed by atoms with Crippen molar-refractivity contribution in [3.8, 4) is 0 Å². The van der Waals surface area contributed by atoms with Crippen LogP contribution in [0.2, 0.25) is 0 Å². The molecule has 7 heteroatoms. The third-order valence-electron chi connectivity index (χ3n) is 5.85. The second-order valence-corrected chi connectivity index (χ2v) is 10.6. The first kappa shape index (κ1) is 25.3. The van der Waals surface area contributed by atoms with E-state index in [1.165, 1.54) is 22.0 Å². The van der Waals surface area contributed by atoms with E-state index >= 15 is 0 Å². The van der Waals surface area contributed by atoms with E-state index in [1.807, 2.05) is 49.4 Å². The van der Waals surface area contributed by atoms with Gasteiger partial charge >= 0.3 is 0 Å². The minimum atomic E-state index is -0.318. The second-order valence-electron chi connectivity index (χ2n) is 9.55. The van der Waals surface area contributed by atoms with Gasteiger partial charge in [-0.25, -0.2) is 0 Å². The largest absolute Gasteiger partial charge is 0.355 e. The van der Waals surface area contributed by atoms with E-state index in [2.05, 4.69) is 31.1 Å². The second kappa shape index (κ2) is 10.4. The summed E-state index contributed by atoms with van der Waals surface area (Å²) in [5, 5.41) is 3.69. The maximum absolute atomic E-state index is 13.4. The first-order valence-corrected chi connectivity index (χ1v) is 12.7. The van der Waals surface area contributed by atoms with Gasteiger partial charge in [-0.3, -0.25) is 23.9 Å². The van der Waals surface area contributed by atoms with Crippen LogP contribution in [0.4, 0.5) is 0 Å². The summed E-state index contributed by atoms with van der Waals surface area (Å²) in [5.74, 6) is -0.507. The van der Waals surface area contributed by atoms with E-state index in [0.29, 0.717) is 21.3 Å². The lowest BCUT2D eigenvalue weighted by atomic mass is 9.86. The number of Topliss-reactive ketones (excluding diaryl/α,β-unsaturated/α-hetero) is 1. The number of likely N-dealkylation sites (N-methyl/N-ethyl adjacent to an activating group) is 1. The summed E-state index contributed by atoms with van der Waals surface area (Å²) >= 11 is 1.19. The lowest BCUT2D eigenvalue weighted by Gasteiger charge is -2.18. The molecule has 0 aliphatic heterocycles. The molecule has 0 unspecified atom stereocenters. The summed E-state index contributed by atoms with van der Waals surface area (Å²) in [5.41, 5.74) is 2.89. The van der Waals surface area contributed by atoms with E-state index < -0.39 is 0 Å². The molecule has 0 bridgehead atoms. The number of carbonyl (C=O) groups is 2. The summed E-state index contributed by atoms with van der Waals surface area (Å²) in [6.07, 6.45) is 4.93. The van der Waals surface area contributed by atoms with Gasteiger partial charge in [0.15, 0.2) is 5.78 Å². The zero-order valence-corrected chi connectivity index (χ0v) is 21.7. The summed E-state index contributed by atoms with van der Waals surface area (Å²) in [7, 11) is 0. The Morgan fingerprint density at radius 2 is 1.78 bits per heavy atom. The molecule has 184 valence electrons. The summed E-state index contributed by atoms with van der Waals surface area (Å²) in [6, 6.07) is 17.1. The van der Waals surface area contributed by atoms with Gasteiger partial charge < -0.3 is 5.32 Å². The van der Waals surface area contributed by atoms with Crippen LogP contribution in [0.15, 0.2) is 65.6 Å². The molecule has 0 saturated heterocycles. The molecule has 6 nitrogen and oxygen atoms in total. The number of para-hydroxylation sites is 1. The zero-order chi connectivity index (χ0) is 25.9. The first-order valence-electron chi connectivity index (χ1n) is 11.9. The molecule has 0 saturated carbocycles. The Morgan fingerprint density at radius 1 is 1.06 bits per heavy atom. The van der Waals surface area contributed by atoms with Crippen LogP contribution >= 0.6 is 11.3 Å². The Kier molecular flexibility index (Phi) is 7.31. The highest BCUT2D eigenvalue weighted by molar-refractivity contribution is 7.07. The number of benzene rings is 2. The molecule has 4 rings (SSSR count). The predicted molar refractivity (Wildman–Crippen MR) is 146 cm³/mol. The highest BCUT2D eigenvalue weighted by atomic mass is 32.1. The Bertz CT molecular complexity index is 1600. The molecule has 0 atom stereocenters. The van der Waals surface area contributed by atoms with E-state index in [0.717, 1.165) is 22.0 Å². The van der Waals surface area contributed by atoms with E-state index in [4.69, 9.17) is 0 Å². The molecule has 0 aliphatic rings. The highest BCUT2D eigenvalue weighted by Gasteiger charge is 2.15. The molecule has 4 aromatic rings. The third-order valence-corrected chi connectivity index (χ3v) is 6.91. The average Bonchev–Trinajstić information content (AvgIpc) is 3.12. The predicted octanol–water partition coefficient (Wildman–Crippen LogP) is 3.38. The minimum absolute atomic E-state index is 0.0205. The number of ketones is 1. The van der Waals surface area contributed by atoms with Crippen molar-refractivity contribution in [3.05, 3.63) is 97.0 Å². The number of carbonyl (C=O) groups excluding carboxylic acids is 2. The fourth-order valence-corrected chi connectivity index (χ4v) is 4.94. The number of aromatic nitrogens is 2. The van der Waals surface area contributed by atoms with Gasteiger partial charge in [0.25, 0.3) is 5.56 Å². The molecule has 2 aromatic carbocycles. The zero-order valence-electron chi connectivity index (χ0n) is 20.9. The van der Waals surface area contributed by atoms with E-state index in [-0.39, 0.29) is 29.2 Å². The maximum Gasteiger partial charge on any atom is 0.269 e. The van der Waals surface area contributed by atoms with Gasteiger partial charge in [-0.1, -0.05) is 69.3 Å². The molecule has 36 heavy (non-hydrogen) atoms. The van der Waals surface area contributed by atoms with Crippen LogP contribution in [-0.4, -0.2) is 27.8 Å². The van der Waals surface area contributed by atoms with Crippen LogP contribution in [0, 0.1) is 0 Å². The molecule has 0 aliphatic carbocycles. The Morgan fingerprint density at radius 3 is 2.47 bits per heavy atom. The monoisotopic (exact) mass is 499 g/mol. The number of nitrogens with zero attached hydrogens (tertiary/aromatic N) is 2. The molecule has 1 N–H and O–H groups in total. The number of pyridine rings is 1. The Hall–Kier alpha value is -3.84. The van der Waals surface area contributed by atoms with E-state index in [9.17, 15) is 14.4 Å². The van der Waals surface area contributed by atoms with Crippen LogP contribution in [0.3, 0.4) is 0 Å². The number of nitrogens with one attached hydrogen (secondary N) is 1. The molecule has 2 aromatic heterocycles. The summed E-state index contributed by atoms with van der Waals surface area (Å²) in [4.78, 5) is 43.3. The SMILES string of the molecule is CCNC(=O)Cn1c(=CC(=O)c2ccc(C(C)(C)C)cc2)sc(=Cc2cccc3cccnc23)c1=O. The number of rotatable bonds is 6. The average molecular weight is 500 g/mol. The van der Waals surface area contributed by atoms with Crippen LogP contribution in [0.5, 0.6) is 0 Å². The number of thiazole rings is 1. The van der Waals surface area contributed by atoms with Crippen molar-refractivity contribution in [1.29, 1.82) is 0 Å². The van der Waals surface area contributed by atoms with Crippen molar-refractivity contribution in [2.24, 2.45) is 0 Å². The van der Waals surface area contributed by atoms with Crippen LogP contribution < -0.4 is 20.1 Å². The minimum Gasteiger partial charge on any atom is -0.355 e.